The summed E-state index contributed by atoms with van der Waals surface area (Å²) in [6.07, 6.45) is 5.38. The monoisotopic (exact) mass is 468 g/mol. The first kappa shape index (κ1) is 27.5. The molecular formula is C30H48O2Si. The minimum Gasteiger partial charge on any atom is -0.542 e. The average molecular weight is 469 g/mol. The van der Waals surface area contributed by atoms with Gasteiger partial charge in [0.15, 0.2) is 0 Å². The van der Waals surface area contributed by atoms with E-state index in [0.717, 1.165) is 30.6 Å². The molecule has 0 aromatic heterocycles. The Bertz CT molecular complexity index is 847. The van der Waals surface area contributed by atoms with Gasteiger partial charge in [-0.2, -0.15) is 0 Å². The molecule has 184 valence electrons. The zero-order chi connectivity index (χ0) is 24.8. The molecule has 0 aliphatic heterocycles. The van der Waals surface area contributed by atoms with Gasteiger partial charge >= 0.3 is 0 Å². The van der Waals surface area contributed by atoms with Crippen LogP contribution in [0.5, 0.6) is 11.5 Å². The molecule has 2 rings (SSSR count). The van der Waals surface area contributed by atoms with Crippen LogP contribution >= 0.6 is 0 Å². The summed E-state index contributed by atoms with van der Waals surface area (Å²) in [7, 11) is -2.17. The first-order valence-electron chi connectivity index (χ1n) is 13.0. The van der Waals surface area contributed by atoms with Gasteiger partial charge in [-0.25, -0.2) is 0 Å². The number of aryl methyl sites for hydroxylation is 1. The van der Waals surface area contributed by atoms with Gasteiger partial charge in [0.05, 0.1) is 0 Å². The Kier molecular flexibility index (Phi) is 9.66. The molecule has 0 unspecified atom stereocenters. The maximum Gasteiger partial charge on any atom is 0.258 e. The molecule has 1 N–H and O–H groups in total. The van der Waals surface area contributed by atoms with Crippen molar-refractivity contribution in [3.63, 3.8) is 0 Å². The van der Waals surface area contributed by atoms with E-state index >= 15 is 0 Å². The van der Waals surface area contributed by atoms with Crippen LogP contribution in [0.2, 0.25) is 16.6 Å². The molecule has 2 aromatic rings. The summed E-state index contributed by atoms with van der Waals surface area (Å²) >= 11 is 0. The number of rotatable bonds is 12. The molecule has 0 saturated carbocycles. The van der Waals surface area contributed by atoms with Gasteiger partial charge in [0.25, 0.3) is 8.32 Å². The van der Waals surface area contributed by atoms with E-state index in [0.29, 0.717) is 22.4 Å². The van der Waals surface area contributed by atoms with E-state index in [4.69, 9.17) is 4.43 Å². The second kappa shape index (κ2) is 11.6. The molecule has 0 amide bonds. The first-order chi connectivity index (χ1) is 15.5. The number of phenolic OH excluding ortho intramolecular Hbond substituents is 1. The van der Waals surface area contributed by atoms with E-state index < -0.39 is 8.32 Å². The van der Waals surface area contributed by atoms with E-state index in [1.165, 1.54) is 24.0 Å². The molecular weight excluding hydrogens is 420 g/mol. The Balaban J connectivity index is 2.63. The van der Waals surface area contributed by atoms with Gasteiger partial charge in [-0.15, -0.1) is 0 Å². The quantitative estimate of drug-likeness (QED) is 0.248. The minimum atomic E-state index is -2.17. The molecule has 0 aliphatic carbocycles. The fraction of sp³-hybridized carbons (Fsp3) is 0.600. The van der Waals surface area contributed by atoms with Crippen LogP contribution < -0.4 is 4.43 Å². The third-order valence-electron chi connectivity index (χ3n) is 7.37. The van der Waals surface area contributed by atoms with E-state index in [1.807, 2.05) is 6.07 Å². The van der Waals surface area contributed by atoms with Crippen LogP contribution in [0, 0.1) is 0 Å². The Morgan fingerprint density at radius 1 is 0.848 bits per heavy atom. The van der Waals surface area contributed by atoms with Crippen molar-refractivity contribution in [2.24, 2.45) is 0 Å². The molecule has 0 saturated heterocycles. The highest BCUT2D eigenvalue weighted by Crippen LogP contribution is 2.48. The molecule has 2 nitrogen and oxygen atoms in total. The lowest BCUT2D eigenvalue weighted by Gasteiger charge is -2.43. The fourth-order valence-electron chi connectivity index (χ4n) is 5.88. The smallest absolute Gasteiger partial charge is 0.258 e. The van der Waals surface area contributed by atoms with Crippen LogP contribution in [0.4, 0.5) is 0 Å². The Labute approximate surface area is 204 Å². The van der Waals surface area contributed by atoms with Crippen molar-refractivity contribution in [2.75, 3.05) is 0 Å². The third-order valence-corrected chi connectivity index (χ3v) is 13.4. The van der Waals surface area contributed by atoms with Crippen LogP contribution in [0.25, 0.3) is 0 Å². The molecule has 0 atom stereocenters. The van der Waals surface area contributed by atoms with Crippen LogP contribution in [0.1, 0.15) is 98.3 Å². The van der Waals surface area contributed by atoms with Crippen molar-refractivity contribution >= 4 is 8.32 Å². The lowest BCUT2D eigenvalue weighted by atomic mass is 9.77. The highest BCUT2D eigenvalue weighted by atomic mass is 28.4. The first-order valence-corrected chi connectivity index (χ1v) is 15.2. The van der Waals surface area contributed by atoms with Gasteiger partial charge in [-0.1, -0.05) is 105 Å². The van der Waals surface area contributed by atoms with Crippen LogP contribution in [0.15, 0.2) is 42.5 Å². The standard InChI is InChI=1S/C30H48O2Si/c1-10-11-13-18-26-19-27(31)29(30(8,9)21-25-16-14-12-15-17-25)28(20-26)32-33(22(2)3,23(4)5)24(6)7/h12,14-17,19-20,22-24,31H,10-11,13,18,21H2,1-9H3. The van der Waals surface area contributed by atoms with Crippen molar-refractivity contribution < 1.29 is 9.53 Å². The van der Waals surface area contributed by atoms with Crippen LogP contribution in [-0.4, -0.2) is 13.4 Å². The largest absolute Gasteiger partial charge is 0.542 e. The molecule has 33 heavy (non-hydrogen) atoms. The predicted molar refractivity (Wildman–Crippen MR) is 146 cm³/mol. The van der Waals surface area contributed by atoms with Crippen LogP contribution in [0.3, 0.4) is 0 Å². The average Bonchev–Trinajstić information content (AvgIpc) is 2.71. The zero-order valence-corrected chi connectivity index (χ0v) is 23.7. The van der Waals surface area contributed by atoms with Crippen LogP contribution in [-0.2, 0) is 18.3 Å². The number of phenols is 1. The van der Waals surface area contributed by atoms with Crippen molar-refractivity contribution in [1.29, 1.82) is 0 Å². The fourth-order valence-corrected chi connectivity index (χ4v) is 11.1. The van der Waals surface area contributed by atoms with Gasteiger partial charge in [-0.3, -0.25) is 0 Å². The number of hydrogen-bond donors (Lipinski definition) is 1. The Hall–Kier alpha value is -1.74. The van der Waals surface area contributed by atoms with Gasteiger partial charge in [0.1, 0.15) is 11.5 Å². The Morgan fingerprint density at radius 3 is 1.94 bits per heavy atom. The van der Waals surface area contributed by atoms with E-state index in [1.54, 1.807) is 0 Å². The third kappa shape index (κ3) is 6.44. The number of benzene rings is 2. The SMILES string of the molecule is CCCCCc1cc(O)c(C(C)(C)Cc2ccccc2)c(O[Si](C(C)C)(C(C)C)C(C)C)c1. The summed E-state index contributed by atoms with van der Waals surface area (Å²) < 4.78 is 7.25. The number of hydrogen-bond acceptors (Lipinski definition) is 2. The summed E-state index contributed by atoms with van der Waals surface area (Å²) in [5.41, 5.74) is 4.61. The molecule has 0 heterocycles. The molecule has 0 radical (unpaired) electrons. The number of aromatic hydroxyl groups is 1. The van der Waals surface area contributed by atoms with Crippen molar-refractivity contribution in [2.45, 2.75) is 116 Å². The minimum absolute atomic E-state index is 0.256. The highest BCUT2D eigenvalue weighted by molar-refractivity contribution is 6.78. The van der Waals surface area contributed by atoms with E-state index in [2.05, 4.69) is 98.7 Å². The molecule has 3 heteroatoms. The molecule has 0 fully saturated rings. The maximum absolute atomic E-state index is 11.4. The van der Waals surface area contributed by atoms with Crippen molar-refractivity contribution in [3.8, 4) is 11.5 Å². The summed E-state index contributed by atoms with van der Waals surface area (Å²) in [6.45, 7) is 20.7. The molecule has 0 aliphatic rings. The summed E-state index contributed by atoms with van der Waals surface area (Å²) in [5.74, 6) is 1.31. The summed E-state index contributed by atoms with van der Waals surface area (Å²) in [5, 5.41) is 11.4. The lowest BCUT2D eigenvalue weighted by Crippen LogP contribution is -2.51. The highest BCUT2D eigenvalue weighted by Gasteiger charge is 2.48. The molecule has 0 bridgehead atoms. The summed E-state index contributed by atoms with van der Waals surface area (Å²) in [6, 6.07) is 14.8. The second-order valence-electron chi connectivity index (χ2n) is 11.4. The predicted octanol–water partition coefficient (Wildman–Crippen LogP) is 9.20. The normalized spacial score (nSPS) is 12.7. The molecule has 0 spiro atoms. The second-order valence-corrected chi connectivity index (χ2v) is 16.8. The molecule has 2 aromatic carbocycles. The van der Waals surface area contributed by atoms with E-state index in [-0.39, 0.29) is 5.41 Å². The maximum atomic E-state index is 11.4. The van der Waals surface area contributed by atoms with Crippen molar-refractivity contribution in [1.82, 2.24) is 0 Å². The van der Waals surface area contributed by atoms with Gasteiger partial charge in [0.2, 0.25) is 0 Å². The van der Waals surface area contributed by atoms with E-state index in [9.17, 15) is 5.11 Å². The number of unbranched alkanes of at least 4 members (excludes halogenated alkanes) is 2. The topological polar surface area (TPSA) is 29.5 Å². The van der Waals surface area contributed by atoms with Gasteiger partial charge in [-0.05, 0) is 59.1 Å². The van der Waals surface area contributed by atoms with Gasteiger partial charge in [0, 0.05) is 11.0 Å². The zero-order valence-electron chi connectivity index (χ0n) is 22.7. The lowest BCUT2D eigenvalue weighted by molar-refractivity contribution is 0.405. The summed E-state index contributed by atoms with van der Waals surface area (Å²) in [4.78, 5) is 0. The van der Waals surface area contributed by atoms with Crippen molar-refractivity contribution in [3.05, 3.63) is 59.2 Å². The Morgan fingerprint density at radius 2 is 1.42 bits per heavy atom. The van der Waals surface area contributed by atoms with Gasteiger partial charge < -0.3 is 9.53 Å².